The molecule has 4 rings (SSSR count). The molecule has 14 nitrogen and oxygen atoms in total. The van der Waals surface area contributed by atoms with Crippen molar-refractivity contribution in [3.8, 4) is 0 Å². The molecule has 10 atom stereocenters. The van der Waals surface area contributed by atoms with Gasteiger partial charge in [0.05, 0.1) is 34.5 Å². The third-order valence-electron chi connectivity index (χ3n) is 10.4. The van der Waals surface area contributed by atoms with Gasteiger partial charge in [-0.2, -0.15) is 0 Å². The summed E-state index contributed by atoms with van der Waals surface area (Å²) in [5.41, 5.74) is -8.01. The number of hydrogen-bond acceptors (Lipinski definition) is 14. The van der Waals surface area contributed by atoms with Crippen molar-refractivity contribution in [2.24, 2.45) is 23.2 Å². The van der Waals surface area contributed by atoms with Crippen LogP contribution in [0.1, 0.15) is 92.4 Å². The van der Waals surface area contributed by atoms with Crippen LogP contribution >= 0.6 is 0 Å². The summed E-state index contributed by atoms with van der Waals surface area (Å²) in [5.74, 6) is -7.29. The Morgan fingerprint density at radius 3 is 1.90 bits per heavy atom. The molecule has 1 aromatic carbocycles. The number of aliphatic hydroxyl groups is 1. The minimum absolute atomic E-state index is 0.0880. The second kappa shape index (κ2) is 14.5. The lowest BCUT2D eigenvalue weighted by atomic mass is 9.45. The highest BCUT2D eigenvalue weighted by Gasteiger charge is 2.89. The average molecular weight is 719 g/mol. The van der Waals surface area contributed by atoms with Crippen LogP contribution in [0.15, 0.2) is 30.3 Å². The Balaban J connectivity index is 2.20. The van der Waals surface area contributed by atoms with E-state index in [4.69, 9.17) is 33.2 Å². The zero-order chi connectivity index (χ0) is 38.3. The van der Waals surface area contributed by atoms with Gasteiger partial charge in [0.1, 0.15) is 30.3 Å². The molecule has 14 heteroatoms. The molecule has 2 bridgehead atoms. The van der Waals surface area contributed by atoms with Gasteiger partial charge in [0.25, 0.3) is 0 Å². The van der Waals surface area contributed by atoms with Crippen molar-refractivity contribution in [3.63, 3.8) is 0 Å². The van der Waals surface area contributed by atoms with Crippen molar-refractivity contribution < 1.29 is 67.0 Å². The Labute approximate surface area is 297 Å². The molecule has 51 heavy (non-hydrogen) atoms. The molecule has 1 unspecified atom stereocenters. The van der Waals surface area contributed by atoms with Crippen molar-refractivity contribution in [3.05, 3.63) is 35.9 Å². The van der Waals surface area contributed by atoms with Gasteiger partial charge in [0, 0.05) is 27.2 Å². The Morgan fingerprint density at radius 1 is 0.804 bits per heavy atom. The average Bonchev–Trinajstić information content (AvgIpc) is 3.23. The first-order chi connectivity index (χ1) is 23.7. The minimum atomic E-state index is -2.28. The maximum atomic E-state index is 14.1. The van der Waals surface area contributed by atoms with Crippen molar-refractivity contribution in [1.82, 2.24) is 0 Å². The van der Waals surface area contributed by atoms with Gasteiger partial charge in [0.15, 0.2) is 17.8 Å². The fraction of sp³-hybridized carbons (Fsp3) is 0.676. The lowest BCUT2D eigenvalue weighted by Gasteiger charge is -2.66. The van der Waals surface area contributed by atoms with E-state index in [1.54, 1.807) is 59.7 Å². The van der Waals surface area contributed by atoms with Crippen LogP contribution in [0.4, 0.5) is 0 Å². The zero-order valence-electron chi connectivity index (χ0n) is 30.9. The van der Waals surface area contributed by atoms with Gasteiger partial charge in [0.2, 0.25) is 0 Å². The molecule has 0 amide bonds. The third-order valence-corrected chi connectivity index (χ3v) is 10.4. The van der Waals surface area contributed by atoms with Gasteiger partial charge in [-0.1, -0.05) is 45.9 Å². The quantitative estimate of drug-likeness (QED) is 0.259. The van der Waals surface area contributed by atoms with Gasteiger partial charge < -0.3 is 38.3 Å². The number of rotatable bonds is 11. The van der Waals surface area contributed by atoms with Crippen molar-refractivity contribution in [2.75, 3.05) is 6.61 Å². The van der Waals surface area contributed by atoms with E-state index in [0.717, 1.165) is 20.8 Å². The van der Waals surface area contributed by atoms with E-state index in [0.29, 0.717) is 6.42 Å². The summed E-state index contributed by atoms with van der Waals surface area (Å²) < 4.78 is 43.3. The molecule has 1 saturated heterocycles. The van der Waals surface area contributed by atoms with Crippen LogP contribution in [0.25, 0.3) is 0 Å². The second-order valence-electron chi connectivity index (χ2n) is 14.9. The van der Waals surface area contributed by atoms with E-state index in [2.05, 4.69) is 0 Å². The van der Waals surface area contributed by atoms with Gasteiger partial charge in [-0.05, 0) is 39.3 Å². The molecule has 2 aliphatic carbocycles. The number of hydrogen-bond donors (Lipinski definition) is 1. The molecule has 1 N–H and O–H groups in total. The summed E-state index contributed by atoms with van der Waals surface area (Å²) in [6.07, 6.45) is -7.99. The lowest BCUT2D eigenvalue weighted by Crippen LogP contribution is -2.85. The Kier molecular flexibility index (Phi) is 11.3. The van der Waals surface area contributed by atoms with Gasteiger partial charge in [-0.15, -0.1) is 0 Å². The fourth-order valence-corrected chi connectivity index (χ4v) is 8.17. The molecule has 2 saturated carbocycles. The highest BCUT2D eigenvalue weighted by molar-refractivity contribution is 5.89. The van der Waals surface area contributed by atoms with Gasteiger partial charge in [-0.25, -0.2) is 4.79 Å². The molecule has 0 aromatic heterocycles. The lowest BCUT2D eigenvalue weighted by molar-refractivity contribution is -0.363. The monoisotopic (exact) mass is 718 g/mol. The van der Waals surface area contributed by atoms with Crippen LogP contribution < -0.4 is 0 Å². The molecular weight excluding hydrogens is 668 g/mol. The third kappa shape index (κ3) is 6.96. The van der Waals surface area contributed by atoms with Crippen LogP contribution in [0.3, 0.4) is 0 Å². The van der Waals surface area contributed by atoms with Crippen LogP contribution in [-0.4, -0.2) is 94.9 Å². The SMILES string of the molecule is CCC(C)C(=O)OC[C@]12[C@@H](OC(=O)c3ccccc3)[C@H](OC(=O)C(C)C)[C@H]3[C@@H](OC(C)=O)[C@@]1(OC3(C)C)[C@@](C)(O)C[C@H](OC(C)=O)[C@@H]2OC(C)=O. The summed E-state index contributed by atoms with van der Waals surface area (Å²) >= 11 is 0. The van der Waals surface area contributed by atoms with E-state index >= 15 is 0 Å². The topological polar surface area (TPSA) is 187 Å². The number of carbonyl (C=O) groups excluding carboxylic acids is 6. The number of ether oxygens (including phenoxy) is 7. The summed E-state index contributed by atoms with van der Waals surface area (Å²) in [6.45, 7) is 13.8. The predicted molar refractivity (Wildman–Crippen MR) is 176 cm³/mol. The predicted octanol–water partition coefficient (Wildman–Crippen LogP) is 3.48. The van der Waals surface area contributed by atoms with Crippen molar-refractivity contribution in [2.45, 2.75) is 129 Å². The molecule has 1 aliphatic heterocycles. The van der Waals surface area contributed by atoms with Crippen LogP contribution in [0.5, 0.6) is 0 Å². The van der Waals surface area contributed by atoms with E-state index in [-0.39, 0.29) is 5.56 Å². The van der Waals surface area contributed by atoms with Crippen molar-refractivity contribution in [1.29, 1.82) is 0 Å². The van der Waals surface area contributed by atoms with Crippen LogP contribution in [0, 0.1) is 23.2 Å². The zero-order valence-corrected chi connectivity index (χ0v) is 30.9. The first-order valence-corrected chi connectivity index (χ1v) is 17.2. The molecule has 3 aliphatic rings. The Hall–Kier alpha value is -4.04. The molecule has 3 fully saturated rings. The van der Waals surface area contributed by atoms with Crippen LogP contribution in [-0.2, 0) is 57.1 Å². The second-order valence-corrected chi connectivity index (χ2v) is 14.9. The van der Waals surface area contributed by atoms with E-state index in [1.165, 1.54) is 19.1 Å². The van der Waals surface area contributed by atoms with E-state index in [1.807, 2.05) is 0 Å². The summed E-state index contributed by atoms with van der Waals surface area (Å²) in [6, 6.07) is 7.88. The summed E-state index contributed by atoms with van der Waals surface area (Å²) in [5, 5.41) is 12.8. The first kappa shape index (κ1) is 39.7. The molecule has 282 valence electrons. The normalized spacial score (nSPS) is 34.0. The van der Waals surface area contributed by atoms with Crippen LogP contribution in [0.2, 0.25) is 0 Å². The highest BCUT2D eigenvalue weighted by atomic mass is 16.7. The molecule has 1 aromatic rings. The van der Waals surface area contributed by atoms with Crippen molar-refractivity contribution >= 4 is 35.8 Å². The van der Waals surface area contributed by atoms with Gasteiger partial charge in [-0.3, -0.25) is 24.0 Å². The number of benzene rings is 1. The minimum Gasteiger partial charge on any atom is -0.464 e. The summed E-state index contributed by atoms with van der Waals surface area (Å²) in [7, 11) is 0. The van der Waals surface area contributed by atoms with Gasteiger partial charge >= 0.3 is 35.8 Å². The molecule has 1 spiro atoms. The smallest absolute Gasteiger partial charge is 0.338 e. The standard InChI is InChI=1S/C37H50O14/c1-11-20(4)32(42)45-18-36-28(47-22(6)39)25(46-21(5)38)17-35(10,44)37(36)29(48-23(7)40)26(34(8,9)51-37)27(49-31(41)19(2)3)30(36)50-33(43)24-15-13-12-14-16-24/h12-16,19-20,25-30,44H,11,17-18H2,1-10H3/t20?,25-,26-,27+,28-,29+,30-,35-,36-,37+/m0/s1. The number of esters is 6. The van der Waals surface area contributed by atoms with E-state index in [9.17, 15) is 33.9 Å². The highest BCUT2D eigenvalue weighted by Crippen LogP contribution is 2.69. The number of carbonyl (C=O) groups is 6. The fourth-order valence-electron chi connectivity index (χ4n) is 8.17. The molecule has 1 heterocycles. The number of fused-ring (bicyclic) bond motifs is 1. The Morgan fingerprint density at radius 2 is 1.37 bits per heavy atom. The first-order valence-electron chi connectivity index (χ1n) is 17.2. The molecule has 0 radical (unpaired) electrons. The largest absolute Gasteiger partial charge is 0.464 e. The Bertz CT molecular complexity index is 1520. The molecular formula is C37H50O14. The summed E-state index contributed by atoms with van der Waals surface area (Å²) in [4.78, 5) is 79.9. The maximum absolute atomic E-state index is 14.1. The van der Waals surface area contributed by atoms with E-state index < -0.39 is 119 Å². The maximum Gasteiger partial charge on any atom is 0.338 e.